The first-order chi connectivity index (χ1) is 28.7. The van der Waals surface area contributed by atoms with Gasteiger partial charge in [0.1, 0.15) is 0 Å². The van der Waals surface area contributed by atoms with E-state index in [1.807, 2.05) is 0 Å². The SMILES string of the molecule is C1=C(c2ccc(N(c3ccc(-c4ccccc4)cc3)c3ccc(-c4ccc5ccccc5c4)cc3)cc2)CCc2c1c1c3ccccc3ccc1n2-c1ccccc1. The van der Waals surface area contributed by atoms with Gasteiger partial charge in [-0.05, 0) is 135 Å². The Labute approximate surface area is 339 Å². The average Bonchev–Trinajstić information content (AvgIpc) is 3.64. The fourth-order valence-corrected chi connectivity index (χ4v) is 9.02. The molecule has 1 heterocycles. The van der Waals surface area contributed by atoms with Crippen LogP contribution in [-0.4, -0.2) is 4.57 Å². The van der Waals surface area contributed by atoms with E-state index in [4.69, 9.17) is 0 Å². The maximum atomic E-state index is 2.49. The summed E-state index contributed by atoms with van der Waals surface area (Å²) < 4.78 is 2.49. The lowest BCUT2D eigenvalue weighted by atomic mass is 9.90. The van der Waals surface area contributed by atoms with Gasteiger partial charge in [0.15, 0.2) is 0 Å². The van der Waals surface area contributed by atoms with Crippen LogP contribution in [0.3, 0.4) is 0 Å². The lowest BCUT2D eigenvalue weighted by molar-refractivity contribution is 0.898. The maximum absolute atomic E-state index is 2.49. The van der Waals surface area contributed by atoms with Gasteiger partial charge < -0.3 is 9.47 Å². The number of anilines is 3. The summed E-state index contributed by atoms with van der Waals surface area (Å²) in [6, 6.07) is 77.2. The van der Waals surface area contributed by atoms with Gasteiger partial charge in [-0.2, -0.15) is 0 Å². The minimum atomic E-state index is 0.976. The molecule has 58 heavy (non-hydrogen) atoms. The number of benzene rings is 9. The van der Waals surface area contributed by atoms with E-state index in [0.29, 0.717) is 0 Å². The fraction of sp³-hybridized carbons (Fsp3) is 0.0357. The van der Waals surface area contributed by atoms with E-state index < -0.39 is 0 Å². The van der Waals surface area contributed by atoms with Crippen LogP contribution in [0.2, 0.25) is 0 Å². The standard InChI is InChI=1S/C56H40N2/c1-3-11-39(12-4-1)41-21-29-49(30-22-41)57(50-31-23-42(24-32-50)46-20-19-40-13-7-8-15-45(40)37-46)51-33-25-43(26-34-51)47-28-35-54-53(38-47)56-52-18-10-9-14-44(52)27-36-55(56)58(54)48-16-5-2-6-17-48/h1-27,29-34,36-38H,28,35H2. The normalized spacial score (nSPS) is 12.4. The summed E-state index contributed by atoms with van der Waals surface area (Å²) in [6.07, 6.45) is 4.42. The second-order valence-electron chi connectivity index (χ2n) is 15.3. The number of para-hydroxylation sites is 1. The van der Waals surface area contributed by atoms with Crippen molar-refractivity contribution in [1.82, 2.24) is 4.57 Å². The largest absolute Gasteiger partial charge is 0.313 e. The first-order valence-corrected chi connectivity index (χ1v) is 20.2. The predicted molar refractivity (Wildman–Crippen MR) is 246 cm³/mol. The molecule has 0 fully saturated rings. The van der Waals surface area contributed by atoms with Gasteiger partial charge in [-0.25, -0.2) is 0 Å². The van der Waals surface area contributed by atoms with Crippen molar-refractivity contribution in [2.75, 3.05) is 4.90 Å². The van der Waals surface area contributed by atoms with Gasteiger partial charge in [0.2, 0.25) is 0 Å². The lowest BCUT2D eigenvalue weighted by Crippen LogP contribution is -2.10. The van der Waals surface area contributed by atoms with E-state index in [-0.39, 0.29) is 0 Å². The fourth-order valence-electron chi connectivity index (χ4n) is 9.02. The molecule has 0 unspecified atom stereocenters. The molecule has 11 rings (SSSR count). The number of nitrogens with zero attached hydrogens (tertiary/aromatic N) is 2. The molecule has 9 aromatic carbocycles. The molecule has 1 aliphatic rings. The quantitative estimate of drug-likeness (QED) is 0.158. The molecule has 10 aromatic rings. The van der Waals surface area contributed by atoms with Gasteiger partial charge >= 0.3 is 0 Å². The zero-order chi connectivity index (χ0) is 38.4. The third-order valence-corrected chi connectivity index (χ3v) is 11.9. The minimum absolute atomic E-state index is 0.976. The molecule has 0 saturated carbocycles. The summed E-state index contributed by atoms with van der Waals surface area (Å²) in [5.41, 5.74) is 16.0. The summed E-state index contributed by atoms with van der Waals surface area (Å²) >= 11 is 0. The van der Waals surface area contributed by atoms with Crippen LogP contribution in [0, 0.1) is 0 Å². The zero-order valence-electron chi connectivity index (χ0n) is 32.1. The molecule has 0 saturated heterocycles. The third kappa shape index (κ3) is 5.98. The Bertz CT molecular complexity index is 3120. The van der Waals surface area contributed by atoms with Crippen LogP contribution in [0.5, 0.6) is 0 Å². The highest BCUT2D eigenvalue weighted by atomic mass is 15.1. The molecule has 0 N–H and O–H groups in total. The molecule has 0 spiro atoms. The highest BCUT2D eigenvalue weighted by molar-refractivity contribution is 6.13. The Morgan fingerprint density at radius 1 is 0.379 bits per heavy atom. The van der Waals surface area contributed by atoms with Crippen molar-refractivity contribution < 1.29 is 0 Å². The van der Waals surface area contributed by atoms with E-state index in [1.165, 1.54) is 82.8 Å². The van der Waals surface area contributed by atoms with Gasteiger partial charge in [-0.3, -0.25) is 0 Å². The Balaban J connectivity index is 0.983. The van der Waals surface area contributed by atoms with Crippen LogP contribution in [-0.2, 0) is 6.42 Å². The molecule has 1 aliphatic carbocycles. The number of rotatable bonds is 7. The first-order valence-electron chi connectivity index (χ1n) is 20.2. The first kappa shape index (κ1) is 33.9. The summed E-state index contributed by atoms with van der Waals surface area (Å²) in [7, 11) is 0. The van der Waals surface area contributed by atoms with Gasteiger partial charge in [0.05, 0.1) is 5.52 Å². The Hall–Kier alpha value is -7.42. The molecular formula is C56H40N2. The monoisotopic (exact) mass is 740 g/mol. The van der Waals surface area contributed by atoms with Crippen LogP contribution >= 0.6 is 0 Å². The van der Waals surface area contributed by atoms with Crippen molar-refractivity contribution in [2.24, 2.45) is 0 Å². The molecule has 0 amide bonds. The zero-order valence-corrected chi connectivity index (χ0v) is 32.1. The molecule has 0 aliphatic heterocycles. The molecule has 0 atom stereocenters. The summed E-state index contributed by atoms with van der Waals surface area (Å²) in [5.74, 6) is 0. The highest BCUT2D eigenvalue weighted by Gasteiger charge is 2.23. The Morgan fingerprint density at radius 3 is 1.59 bits per heavy atom. The maximum Gasteiger partial charge on any atom is 0.0544 e. The van der Waals surface area contributed by atoms with Crippen molar-refractivity contribution in [1.29, 1.82) is 0 Å². The van der Waals surface area contributed by atoms with E-state index in [2.05, 4.69) is 228 Å². The molecule has 0 bridgehead atoms. The van der Waals surface area contributed by atoms with Crippen LogP contribution < -0.4 is 4.90 Å². The molecule has 0 radical (unpaired) electrons. The average molecular weight is 741 g/mol. The predicted octanol–water partition coefficient (Wildman–Crippen LogP) is 15.2. The number of hydrogen-bond donors (Lipinski definition) is 0. The topological polar surface area (TPSA) is 8.17 Å². The molecule has 2 nitrogen and oxygen atoms in total. The second kappa shape index (κ2) is 14.3. The van der Waals surface area contributed by atoms with Crippen LogP contribution in [0.4, 0.5) is 17.1 Å². The number of hydrogen-bond acceptors (Lipinski definition) is 1. The van der Waals surface area contributed by atoms with E-state index in [1.54, 1.807) is 0 Å². The highest BCUT2D eigenvalue weighted by Crippen LogP contribution is 2.43. The Morgan fingerprint density at radius 2 is 0.897 bits per heavy atom. The Kier molecular flexibility index (Phi) is 8.33. The van der Waals surface area contributed by atoms with Crippen molar-refractivity contribution >= 4 is 61.2 Å². The smallest absolute Gasteiger partial charge is 0.0544 e. The van der Waals surface area contributed by atoms with Crippen LogP contribution in [0.25, 0.3) is 72.0 Å². The number of allylic oxidation sites excluding steroid dienone is 1. The van der Waals surface area contributed by atoms with Gasteiger partial charge in [-0.15, -0.1) is 0 Å². The lowest BCUT2D eigenvalue weighted by Gasteiger charge is -2.26. The van der Waals surface area contributed by atoms with Crippen molar-refractivity contribution in [3.05, 3.63) is 229 Å². The second-order valence-corrected chi connectivity index (χ2v) is 15.3. The van der Waals surface area contributed by atoms with Gasteiger partial charge in [0.25, 0.3) is 0 Å². The molecule has 274 valence electrons. The van der Waals surface area contributed by atoms with Crippen LogP contribution in [0.15, 0.2) is 212 Å². The van der Waals surface area contributed by atoms with Crippen molar-refractivity contribution in [3.63, 3.8) is 0 Å². The van der Waals surface area contributed by atoms with Gasteiger partial charge in [-0.1, -0.05) is 152 Å². The number of fused-ring (bicyclic) bond motifs is 6. The van der Waals surface area contributed by atoms with E-state index in [9.17, 15) is 0 Å². The summed E-state index contributed by atoms with van der Waals surface area (Å²) in [5, 5.41) is 6.43. The number of aromatic nitrogens is 1. The van der Waals surface area contributed by atoms with Gasteiger partial charge in [0, 0.05) is 39.4 Å². The summed E-state index contributed by atoms with van der Waals surface area (Å²) in [6.45, 7) is 0. The minimum Gasteiger partial charge on any atom is -0.313 e. The summed E-state index contributed by atoms with van der Waals surface area (Å²) in [4.78, 5) is 2.37. The van der Waals surface area contributed by atoms with Crippen LogP contribution in [0.1, 0.15) is 23.2 Å². The van der Waals surface area contributed by atoms with Crippen molar-refractivity contribution in [3.8, 4) is 27.9 Å². The van der Waals surface area contributed by atoms with E-state index in [0.717, 1.165) is 29.9 Å². The van der Waals surface area contributed by atoms with Crippen molar-refractivity contribution in [2.45, 2.75) is 12.8 Å². The molecule has 2 heteroatoms. The molecule has 1 aromatic heterocycles. The molecular weight excluding hydrogens is 701 g/mol. The third-order valence-electron chi connectivity index (χ3n) is 11.9. The van der Waals surface area contributed by atoms with E-state index >= 15 is 0 Å².